The van der Waals surface area contributed by atoms with Crippen molar-refractivity contribution in [3.05, 3.63) is 24.0 Å². The van der Waals surface area contributed by atoms with Gasteiger partial charge in [-0.15, -0.1) is 0 Å². The zero-order valence-corrected chi connectivity index (χ0v) is 4.76. The van der Waals surface area contributed by atoms with Gasteiger partial charge in [0, 0.05) is 6.21 Å². The van der Waals surface area contributed by atoms with E-state index in [0.717, 1.165) is 6.21 Å². The molecule has 44 valence electrons. The molecule has 2 N–H and O–H groups in total. The van der Waals surface area contributed by atoms with E-state index in [1.807, 2.05) is 0 Å². The summed E-state index contributed by atoms with van der Waals surface area (Å²) in [5.41, 5.74) is 0. The molecular formula is C6H9NO. The van der Waals surface area contributed by atoms with Gasteiger partial charge in [-0.25, -0.2) is 0 Å². The highest BCUT2D eigenvalue weighted by Crippen LogP contribution is 1.86. The van der Waals surface area contributed by atoms with Crippen LogP contribution in [0.3, 0.4) is 0 Å². The van der Waals surface area contributed by atoms with Crippen molar-refractivity contribution < 1.29 is 5.11 Å². The van der Waals surface area contributed by atoms with Crippen LogP contribution >= 0.6 is 0 Å². The van der Waals surface area contributed by atoms with Crippen molar-refractivity contribution in [1.29, 1.82) is 5.41 Å². The average Bonchev–Trinajstić information content (AvgIpc) is 1.83. The van der Waals surface area contributed by atoms with Crippen LogP contribution in [0.2, 0.25) is 0 Å². The van der Waals surface area contributed by atoms with Gasteiger partial charge in [-0.2, -0.15) is 0 Å². The molecule has 0 bridgehead atoms. The van der Waals surface area contributed by atoms with Crippen molar-refractivity contribution in [3.63, 3.8) is 0 Å². The van der Waals surface area contributed by atoms with Crippen LogP contribution in [0.4, 0.5) is 0 Å². The largest absolute Gasteiger partial charge is 0.508 e. The molecule has 0 amide bonds. The Morgan fingerprint density at radius 3 is 2.62 bits per heavy atom. The molecule has 2 heteroatoms. The van der Waals surface area contributed by atoms with Gasteiger partial charge in [-0.05, 0) is 25.2 Å². The van der Waals surface area contributed by atoms with Crippen molar-refractivity contribution in [2.45, 2.75) is 6.92 Å². The highest BCUT2D eigenvalue weighted by molar-refractivity contribution is 5.68. The zero-order valence-electron chi connectivity index (χ0n) is 4.76. The second-order valence-corrected chi connectivity index (χ2v) is 1.24. The predicted molar refractivity (Wildman–Crippen MR) is 34.3 cm³/mol. The summed E-state index contributed by atoms with van der Waals surface area (Å²) in [5, 5.41) is 15.2. The average molecular weight is 111 g/mol. The monoisotopic (exact) mass is 111 g/mol. The molecule has 0 heterocycles. The number of hydrogen-bond donors (Lipinski definition) is 2. The number of aliphatic hydroxyl groups is 1. The van der Waals surface area contributed by atoms with Gasteiger partial charge in [0.05, 0.1) is 0 Å². The van der Waals surface area contributed by atoms with Crippen LogP contribution in [0.1, 0.15) is 6.92 Å². The third-order valence-electron chi connectivity index (χ3n) is 0.659. The van der Waals surface area contributed by atoms with E-state index in [9.17, 15) is 0 Å². The van der Waals surface area contributed by atoms with Crippen LogP contribution in [0.15, 0.2) is 24.0 Å². The summed E-state index contributed by atoms with van der Waals surface area (Å²) < 4.78 is 0. The number of hydrogen-bond acceptors (Lipinski definition) is 2. The van der Waals surface area contributed by atoms with Crippen molar-refractivity contribution >= 4 is 6.21 Å². The predicted octanol–water partition coefficient (Wildman–Crippen LogP) is 1.65. The molecule has 0 saturated heterocycles. The molecule has 0 aliphatic carbocycles. The maximum absolute atomic E-state index is 8.66. The number of allylic oxidation sites excluding steroid dienone is 3. The number of rotatable bonds is 2. The topological polar surface area (TPSA) is 44.1 Å². The summed E-state index contributed by atoms with van der Waals surface area (Å²) in [4.78, 5) is 0. The molecule has 0 fully saturated rings. The van der Waals surface area contributed by atoms with Crippen molar-refractivity contribution in [2.75, 3.05) is 0 Å². The summed E-state index contributed by atoms with van der Waals surface area (Å²) in [5.74, 6) is 0.188. The first-order chi connectivity index (χ1) is 3.81. The quantitative estimate of drug-likeness (QED) is 0.317. The van der Waals surface area contributed by atoms with Gasteiger partial charge in [-0.3, -0.25) is 0 Å². The molecule has 0 radical (unpaired) electrons. The van der Waals surface area contributed by atoms with Crippen molar-refractivity contribution in [1.82, 2.24) is 0 Å². The molecule has 0 aliphatic rings. The lowest BCUT2D eigenvalue weighted by Gasteiger charge is -1.81. The Hall–Kier alpha value is -1.05. The van der Waals surface area contributed by atoms with Crippen LogP contribution in [0.25, 0.3) is 0 Å². The highest BCUT2D eigenvalue weighted by Gasteiger charge is 1.74. The van der Waals surface area contributed by atoms with E-state index in [2.05, 4.69) is 0 Å². The molecule has 0 spiro atoms. The molecule has 0 rings (SSSR count). The minimum atomic E-state index is 0.188. The molecule has 0 aromatic heterocycles. The maximum Gasteiger partial charge on any atom is 0.111 e. The standard InChI is InChI=1S/C6H9NO/c1-2-6(8)4-3-5-7/h2-5,7-8H,1H3/b4-3-,6-2-,7-5?. The van der Waals surface area contributed by atoms with Gasteiger partial charge in [0.15, 0.2) is 0 Å². The lowest BCUT2D eigenvalue weighted by atomic mass is 10.4. The second kappa shape index (κ2) is 4.12. The van der Waals surface area contributed by atoms with Gasteiger partial charge in [0.1, 0.15) is 5.76 Å². The van der Waals surface area contributed by atoms with Crippen molar-refractivity contribution in [3.8, 4) is 0 Å². The molecule has 2 nitrogen and oxygen atoms in total. The summed E-state index contributed by atoms with van der Waals surface area (Å²) >= 11 is 0. The first kappa shape index (κ1) is 6.95. The summed E-state index contributed by atoms with van der Waals surface area (Å²) in [6.07, 6.45) is 5.57. The summed E-state index contributed by atoms with van der Waals surface area (Å²) in [6, 6.07) is 0. The number of nitrogens with one attached hydrogen (secondary N) is 1. The summed E-state index contributed by atoms with van der Waals surface area (Å²) in [7, 11) is 0. The van der Waals surface area contributed by atoms with E-state index >= 15 is 0 Å². The normalized spacial score (nSPS) is 12.4. The smallest absolute Gasteiger partial charge is 0.111 e. The third kappa shape index (κ3) is 3.15. The lowest BCUT2D eigenvalue weighted by Crippen LogP contribution is -1.69. The van der Waals surface area contributed by atoms with Crippen LogP contribution in [-0.2, 0) is 0 Å². The molecule has 8 heavy (non-hydrogen) atoms. The fourth-order valence-electron chi connectivity index (χ4n) is 0.243. The van der Waals surface area contributed by atoms with Crippen LogP contribution in [0.5, 0.6) is 0 Å². The molecule has 0 aromatic rings. The van der Waals surface area contributed by atoms with Crippen molar-refractivity contribution in [2.24, 2.45) is 0 Å². The maximum atomic E-state index is 8.66. The van der Waals surface area contributed by atoms with E-state index < -0.39 is 0 Å². The molecule has 0 unspecified atom stereocenters. The first-order valence-electron chi connectivity index (χ1n) is 2.33. The van der Waals surface area contributed by atoms with Crippen LogP contribution < -0.4 is 0 Å². The minimum absolute atomic E-state index is 0.188. The summed E-state index contributed by atoms with van der Waals surface area (Å²) in [6.45, 7) is 1.73. The fraction of sp³-hybridized carbons (Fsp3) is 0.167. The number of aliphatic hydroxyl groups excluding tert-OH is 1. The Kier molecular flexibility index (Phi) is 3.58. The lowest BCUT2D eigenvalue weighted by molar-refractivity contribution is 0.431. The Balaban J connectivity index is 3.69. The van der Waals surface area contributed by atoms with E-state index in [0.29, 0.717) is 0 Å². The van der Waals surface area contributed by atoms with Gasteiger partial charge in [-0.1, -0.05) is 0 Å². The fourth-order valence-corrected chi connectivity index (χ4v) is 0.243. The second-order valence-electron chi connectivity index (χ2n) is 1.24. The van der Waals surface area contributed by atoms with E-state index in [1.54, 1.807) is 13.0 Å². The minimum Gasteiger partial charge on any atom is -0.508 e. The van der Waals surface area contributed by atoms with E-state index in [4.69, 9.17) is 10.5 Å². The Labute approximate surface area is 48.7 Å². The van der Waals surface area contributed by atoms with E-state index in [-0.39, 0.29) is 5.76 Å². The Bertz CT molecular complexity index is 124. The van der Waals surface area contributed by atoms with E-state index in [1.165, 1.54) is 12.2 Å². The van der Waals surface area contributed by atoms with Gasteiger partial charge >= 0.3 is 0 Å². The third-order valence-corrected chi connectivity index (χ3v) is 0.659. The Morgan fingerprint density at radius 1 is 1.62 bits per heavy atom. The molecule has 0 aliphatic heterocycles. The highest BCUT2D eigenvalue weighted by atomic mass is 16.3. The van der Waals surface area contributed by atoms with Gasteiger partial charge < -0.3 is 10.5 Å². The zero-order chi connectivity index (χ0) is 6.41. The molecule has 0 aromatic carbocycles. The SMILES string of the molecule is C/C=C(O)/C=C\C=N. The first-order valence-corrected chi connectivity index (χ1v) is 2.33. The van der Waals surface area contributed by atoms with Crippen LogP contribution in [0, 0.1) is 5.41 Å². The molecular weight excluding hydrogens is 102 g/mol. The van der Waals surface area contributed by atoms with Gasteiger partial charge in [0.25, 0.3) is 0 Å². The van der Waals surface area contributed by atoms with Gasteiger partial charge in [0.2, 0.25) is 0 Å². The molecule has 0 saturated carbocycles. The van der Waals surface area contributed by atoms with Crippen LogP contribution in [-0.4, -0.2) is 11.3 Å². The Morgan fingerprint density at radius 2 is 2.25 bits per heavy atom. The molecule has 0 atom stereocenters.